The predicted octanol–water partition coefficient (Wildman–Crippen LogP) is 14.4. The van der Waals surface area contributed by atoms with Crippen LogP contribution in [0.25, 0.3) is 0 Å². The molecule has 8 fully saturated rings. The molecule has 0 aromatic rings. The van der Waals surface area contributed by atoms with Crippen molar-refractivity contribution in [2.45, 2.75) is 300 Å². The molecule has 482 valence electrons. The summed E-state index contributed by atoms with van der Waals surface area (Å²) >= 11 is 0. The van der Waals surface area contributed by atoms with Crippen LogP contribution >= 0.6 is 0 Å². The topological polar surface area (TPSA) is 210 Å². The minimum atomic E-state index is -0.550. The SMILES string of the molecule is CCC(C)(C)C(=O)OCC(=O)OC1(CC)C2CC3CC(C2)CC1C3.CCC(C)(C)C(=O)OCC(=O)OC1(CC)CC2CCC1C2.CCC1(OC(=O)COC(=O)C(C)(C)CC)CCCC1.CCC1(OC(=O)COC(=O)C(C)(C)CC)CCCCC1. The molecular weight excluding hydrogens is 1070 g/mol. The largest absolute Gasteiger partial charge is 0.457 e. The Labute approximate surface area is 505 Å². The molecule has 16 heteroatoms. The summed E-state index contributed by atoms with van der Waals surface area (Å²) < 4.78 is 43.4. The molecule has 0 N–H and O–H groups in total. The van der Waals surface area contributed by atoms with Gasteiger partial charge in [0.1, 0.15) is 22.4 Å². The van der Waals surface area contributed by atoms with Gasteiger partial charge in [-0.05, 0) is 251 Å². The molecule has 16 nitrogen and oxygen atoms in total. The van der Waals surface area contributed by atoms with Crippen LogP contribution in [-0.4, -0.2) is 96.6 Å². The zero-order chi connectivity index (χ0) is 63.0. The quantitative estimate of drug-likeness (QED) is 0.0650. The smallest absolute Gasteiger partial charge is 0.344 e. The molecule has 0 spiro atoms. The number of hydrogen-bond acceptors (Lipinski definition) is 16. The summed E-state index contributed by atoms with van der Waals surface area (Å²) in [7, 11) is 0. The second-order valence-corrected chi connectivity index (χ2v) is 28.6. The number of hydrogen-bond donors (Lipinski definition) is 0. The lowest BCUT2D eigenvalue weighted by Crippen LogP contribution is -2.59. The highest BCUT2D eigenvalue weighted by molar-refractivity contribution is 5.82. The number of rotatable bonds is 24. The molecule has 8 saturated carbocycles. The lowest BCUT2D eigenvalue weighted by atomic mass is 9.49. The normalized spacial score (nSPS) is 27.0. The van der Waals surface area contributed by atoms with Crippen LogP contribution in [0.1, 0.15) is 278 Å². The van der Waals surface area contributed by atoms with Crippen LogP contribution in [0.15, 0.2) is 0 Å². The molecule has 0 aliphatic heterocycles. The Kier molecular flexibility index (Phi) is 26.7. The van der Waals surface area contributed by atoms with Gasteiger partial charge < -0.3 is 37.9 Å². The number of fused-ring (bicyclic) bond motifs is 2. The van der Waals surface area contributed by atoms with Gasteiger partial charge >= 0.3 is 47.8 Å². The van der Waals surface area contributed by atoms with Gasteiger partial charge in [-0.3, -0.25) is 19.2 Å². The maximum Gasteiger partial charge on any atom is 0.344 e. The second kappa shape index (κ2) is 31.1. The summed E-state index contributed by atoms with van der Waals surface area (Å²) in [6.07, 6.45) is 26.2. The first-order valence-electron chi connectivity index (χ1n) is 32.9. The fourth-order valence-corrected chi connectivity index (χ4v) is 14.0. The van der Waals surface area contributed by atoms with Crippen LogP contribution in [0.2, 0.25) is 0 Å². The fourth-order valence-electron chi connectivity index (χ4n) is 14.0. The molecule has 84 heavy (non-hydrogen) atoms. The van der Waals surface area contributed by atoms with Gasteiger partial charge in [0.15, 0.2) is 26.4 Å². The fraction of sp³-hybridized carbons (Fsp3) is 0.882. The molecule has 0 aromatic carbocycles. The standard InChI is InChI=1S/C20H32O4.C17H28O4.C16H28O4.C15H26O4/c1-5-19(3,4)18(22)23-12-17(21)24-20(6-2)15-8-13-7-14(10-15)11-16(20)9-13;1-5-16(3,4)15(19)20-11-14(18)21-17(6-2)10-12-7-8-13(17)9-12;1-5-15(3,4)14(18)19-12-13(17)20-16(6-2)10-8-7-9-11-16;1-5-14(3,4)13(17)18-11-12(16)19-15(6-2)9-7-8-10-15/h13-16H,5-12H2,1-4H3;12-13H,5-11H2,1-4H3;5-12H2,1-4H3;5-11H2,1-4H3. The zero-order valence-electron chi connectivity index (χ0n) is 55.2. The summed E-state index contributed by atoms with van der Waals surface area (Å²) in [4.78, 5) is 95.7. The molecule has 3 unspecified atom stereocenters. The Bertz CT molecular complexity index is 2170. The van der Waals surface area contributed by atoms with E-state index in [9.17, 15) is 38.4 Å². The first-order chi connectivity index (χ1) is 39.3. The summed E-state index contributed by atoms with van der Waals surface area (Å²) in [5.41, 5.74) is -3.44. The van der Waals surface area contributed by atoms with Crippen molar-refractivity contribution >= 4 is 47.8 Å². The Balaban J connectivity index is 0.000000241. The molecule has 0 heterocycles. The summed E-state index contributed by atoms with van der Waals surface area (Å²) in [5, 5.41) is 0. The van der Waals surface area contributed by atoms with Crippen LogP contribution in [-0.2, 0) is 76.3 Å². The summed E-state index contributed by atoms with van der Waals surface area (Å²) in [6.45, 7) is 29.5. The lowest BCUT2D eigenvalue weighted by molar-refractivity contribution is -0.214. The lowest BCUT2D eigenvalue weighted by Gasteiger charge is -2.60. The van der Waals surface area contributed by atoms with Gasteiger partial charge in [-0.1, -0.05) is 61.8 Å². The molecule has 8 rings (SSSR count). The first kappa shape index (κ1) is 72.2. The van der Waals surface area contributed by atoms with Crippen molar-refractivity contribution in [3.05, 3.63) is 0 Å². The minimum Gasteiger partial charge on any atom is -0.457 e. The molecule has 0 radical (unpaired) electrons. The molecule has 6 bridgehead atoms. The van der Waals surface area contributed by atoms with Gasteiger partial charge in [0, 0.05) is 0 Å². The Hall–Kier alpha value is -4.24. The van der Waals surface area contributed by atoms with Crippen molar-refractivity contribution in [1.82, 2.24) is 0 Å². The van der Waals surface area contributed by atoms with Crippen LogP contribution < -0.4 is 0 Å². The van der Waals surface area contributed by atoms with Gasteiger partial charge in [0.25, 0.3) is 0 Å². The maximum atomic E-state index is 12.4. The van der Waals surface area contributed by atoms with Gasteiger partial charge in [-0.2, -0.15) is 0 Å². The van der Waals surface area contributed by atoms with Crippen LogP contribution in [0, 0.1) is 57.2 Å². The van der Waals surface area contributed by atoms with Crippen LogP contribution in [0.3, 0.4) is 0 Å². The van der Waals surface area contributed by atoms with E-state index in [1.807, 2.05) is 96.9 Å². The van der Waals surface area contributed by atoms with Crippen molar-refractivity contribution in [2.75, 3.05) is 26.4 Å². The Morgan fingerprint density at radius 3 is 0.964 bits per heavy atom. The Morgan fingerprint density at radius 2 is 0.679 bits per heavy atom. The monoisotopic (exact) mass is 1190 g/mol. The minimum absolute atomic E-state index is 0.254. The first-order valence-corrected chi connectivity index (χ1v) is 32.9. The highest BCUT2D eigenvalue weighted by atomic mass is 16.6. The van der Waals surface area contributed by atoms with E-state index in [2.05, 4.69) is 13.8 Å². The third kappa shape index (κ3) is 19.1. The Morgan fingerprint density at radius 1 is 0.357 bits per heavy atom. The molecule has 0 aromatic heterocycles. The molecule has 0 saturated heterocycles. The van der Waals surface area contributed by atoms with Gasteiger partial charge in [0.2, 0.25) is 0 Å². The van der Waals surface area contributed by atoms with Gasteiger partial charge in [-0.25, -0.2) is 19.2 Å². The average molecular weight is 1190 g/mol. The molecule has 3 atom stereocenters. The van der Waals surface area contributed by atoms with Crippen molar-refractivity contribution in [3.63, 3.8) is 0 Å². The van der Waals surface area contributed by atoms with Crippen molar-refractivity contribution in [2.24, 2.45) is 57.2 Å². The number of carbonyl (C=O) groups is 8. The third-order valence-corrected chi connectivity index (χ3v) is 21.5. The summed E-state index contributed by atoms with van der Waals surface area (Å²) in [5.74, 6) is 0.947. The van der Waals surface area contributed by atoms with Crippen molar-refractivity contribution in [1.29, 1.82) is 0 Å². The molecule has 8 aliphatic rings. The number of esters is 8. The molecular formula is C68H114O16. The average Bonchev–Trinajstić information content (AvgIpc) is 4.38. The van der Waals surface area contributed by atoms with E-state index in [0.717, 1.165) is 102 Å². The van der Waals surface area contributed by atoms with E-state index in [1.54, 1.807) is 0 Å². The van der Waals surface area contributed by atoms with E-state index >= 15 is 0 Å². The molecule has 0 amide bonds. The van der Waals surface area contributed by atoms with Crippen molar-refractivity contribution in [3.8, 4) is 0 Å². The maximum absolute atomic E-state index is 12.4. The van der Waals surface area contributed by atoms with Gasteiger partial charge in [-0.15, -0.1) is 0 Å². The van der Waals surface area contributed by atoms with Crippen LogP contribution in [0.4, 0.5) is 0 Å². The van der Waals surface area contributed by atoms with Gasteiger partial charge in [0.05, 0.1) is 21.7 Å². The number of carbonyl (C=O) groups excluding carboxylic acids is 8. The van der Waals surface area contributed by atoms with E-state index < -0.39 is 39.6 Å². The number of ether oxygens (including phenoxy) is 8. The van der Waals surface area contributed by atoms with Crippen molar-refractivity contribution < 1.29 is 76.3 Å². The highest BCUT2D eigenvalue weighted by Gasteiger charge is 2.59. The molecule has 8 aliphatic carbocycles. The third-order valence-electron chi connectivity index (χ3n) is 21.5. The van der Waals surface area contributed by atoms with E-state index in [0.29, 0.717) is 49.4 Å². The van der Waals surface area contributed by atoms with E-state index in [4.69, 9.17) is 37.9 Å². The van der Waals surface area contributed by atoms with E-state index in [1.165, 1.54) is 51.4 Å². The van der Waals surface area contributed by atoms with Crippen LogP contribution in [0.5, 0.6) is 0 Å². The highest BCUT2D eigenvalue weighted by Crippen LogP contribution is 2.61. The zero-order valence-corrected chi connectivity index (χ0v) is 55.2. The summed E-state index contributed by atoms with van der Waals surface area (Å²) in [6, 6.07) is 0. The predicted molar refractivity (Wildman–Crippen MR) is 321 cm³/mol. The second-order valence-electron chi connectivity index (χ2n) is 28.6. The van der Waals surface area contributed by atoms with E-state index in [-0.39, 0.29) is 78.7 Å².